The third-order valence-electron chi connectivity index (χ3n) is 1.93. The minimum Gasteiger partial charge on any atom is -0.354 e. The molecule has 1 aliphatic rings. The van der Waals surface area contributed by atoms with Crippen molar-refractivity contribution < 1.29 is 4.79 Å². The van der Waals surface area contributed by atoms with Gasteiger partial charge < -0.3 is 5.32 Å². The van der Waals surface area contributed by atoms with E-state index in [1.165, 1.54) is 5.57 Å². The summed E-state index contributed by atoms with van der Waals surface area (Å²) in [5.41, 5.74) is 2.04. The second kappa shape index (κ2) is 1.90. The predicted molar refractivity (Wildman–Crippen MR) is 38.8 cm³/mol. The van der Waals surface area contributed by atoms with E-state index in [4.69, 9.17) is 0 Å². The minimum absolute atomic E-state index is 0.0833. The van der Waals surface area contributed by atoms with Gasteiger partial charge in [0.25, 0.3) is 0 Å². The molecule has 1 amide bonds. The summed E-state index contributed by atoms with van der Waals surface area (Å²) < 4.78 is 0. The van der Waals surface area contributed by atoms with Gasteiger partial charge in [0.2, 0.25) is 5.91 Å². The van der Waals surface area contributed by atoms with Crippen LogP contribution in [0.4, 0.5) is 0 Å². The van der Waals surface area contributed by atoms with Crippen molar-refractivity contribution in [2.45, 2.75) is 19.8 Å². The Balaban J connectivity index is 2.92. The zero-order valence-electron chi connectivity index (χ0n) is 5.99. The second-order valence-electron chi connectivity index (χ2n) is 2.50. The molecule has 0 aromatic heterocycles. The van der Waals surface area contributed by atoms with Gasteiger partial charge in [-0.2, -0.15) is 0 Å². The Morgan fingerprint density at radius 2 is 2.11 bits per heavy atom. The van der Waals surface area contributed by atoms with Crippen LogP contribution in [-0.4, -0.2) is 19.7 Å². The van der Waals surface area contributed by atoms with Gasteiger partial charge in [-0.25, -0.2) is 0 Å². The van der Waals surface area contributed by atoms with Crippen molar-refractivity contribution in [2.24, 2.45) is 0 Å². The highest BCUT2D eigenvalue weighted by Gasteiger charge is 2.20. The molecule has 3 heteroatoms. The van der Waals surface area contributed by atoms with E-state index in [-0.39, 0.29) is 11.8 Å². The molecule has 1 atom stereocenters. The highest BCUT2D eigenvalue weighted by molar-refractivity contribution is 6.18. The van der Waals surface area contributed by atoms with Gasteiger partial charge in [-0.3, -0.25) is 4.79 Å². The maximum Gasteiger partial charge on any atom is 0.246 e. The third kappa shape index (κ3) is 0.868. The van der Waals surface area contributed by atoms with Crippen LogP contribution in [0.5, 0.6) is 0 Å². The Kier molecular flexibility index (Phi) is 1.35. The maximum atomic E-state index is 10.8. The van der Waals surface area contributed by atoms with Gasteiger partial charge in [0.1, 0.15) is 7.85 Å². The summed E-state index contributed by atoms with van der Waals surface area (Å²) in [6.07, 6.45) is 0. The summed E-state index contributed by atoms with van der Waals surface area (Å²) in [7, 11) is 1.99. The Bertz CT molecular complexity index is 185. The lowest BCUT2D eigenvalue weighted by molar-refractivity contribution is -0.116. The number of hydrogen-bond acceptors (Lipinski definition) is 1. The van der Waals surface area contributed by atoms with Crippen LogP contribution in [0.1, 0.15) is 13.8 Å². The number of nitrogens with one attached hydrogen (secondary N) is 1. The van der Waals surface area contributed by atoms with Gasteiger partial charge in [0.15, 0.2) is 0 Å². The molecule has 9 heavy (non-hydrogen) atoms. The molecular weight excluding hydrogens is 113 g/mol. The molecule has 0 saturated heterocycles. The van der Waals surface area contributed by atoms with Crippen molar-refractivity contribution in [3.05, 3.63) is 11.1 Å². The lowest BCUT2D eigenvalue weighted by Crippen LogP contribution is -2.28. The number of rotatable bonds is 0. The predicted octanol–water partition coefficient (Wildman–Crippen LogP) is -0.588. The zero-order valence-corrected chi connectivity index (χ0v) is 5.99. The van der Waals surface area contributed by atoms with Gasteiger partial charge in [-0.15, -0.1) is 0 Å². The molecule has 1 N–H and O–H groups in total. The molecule has 1 rings (SSSR count). The summed E-state index contributed by atoms with van der Waals surface area (Å²) in [4.78, 5) is 10.8. The van der Waals surface area contributed by atoms with Gasteiger partial charge in [-0.05, 0) is 13.8 Å². The monoisotopic (exact) mass is 123 g/mol. The first kappa shape index (κ1) is 6.40. The third-order valence-corrected chi connectivity index (χ3v) is 1.93. The summed E-state index contributed by atoms with van der Waals surface area (Å²) in [6, 6.07) is 0. The molecule has 0 aromatic carbocycles. The Labute approximate surface area is 55.7 Å². The molecule has 0 radical (unpaired) electrons. The van der Waals surface area contributed by atoms with Gasteiger partial charge in [0, 0.05) is 11.5 Å². The average Bonchev–Trinajstić information content (AvgIpc) is 1.98. The highest BCUT2D eigenvalue weighted by atomic mass is 16.1. The number of carbonyl (C=O) groups is 1. The Hall–Kier alpha value is -0.725. The van der Waals surface area contributed by atoms with E-state index in [1.54, 1.807) is 0 Å². The molecule has 0 aliphatic carbocycles. The molecule has 48 valence electrons. The summed E-state index contributed by atoms with van der Waals surface area (Å²) in [5, 5.41) is 2.80. The van der Waals surface area contributed by atoms with Crippen molar-refractivity contribution in [1.29, 1.82) is 0 Å². The fraction of sp³-hybridized carbons (Fsp3) is 0.500. The zero-order chi connectivity index (χ0) is 7.02. The van der Waals surface area contributed by atoms with Crippen LogP contribution in [0.25, 0.3) is 0 Å². The van der Waals surface area contributed by atoms with E-state index >= 15 is 0 Å². The first-order valence-corrected chi connectivity index (χ1v) is 3.11. The van der Waals surface area contributed by atoms with E-state index < -0.39 is 0 Å². The van der Waals surface area contributed by atoms with E-state index in [9.17, 15) is 4.79 Å². The molecule has 2 nitrogen and oxygen atoms in total. The van der Waals surface area contributed by atoms with Crippen molar-refractivity contribution in [3.8, 4) is 0 Å². The van der Waals surface area contributed by atoms with Crippen molar-refractivity contribution in [1.82, 2.24) is 5.32 Å². The maximum absolute atomic E-state index is 10.8. The standard InChI is InChI=1S/C6H10BNO/c1-3-4(2)6(9)8-5(3)7/h5H,7H2,1-2H3,(H,8,9)/t5-/m1/s1. The van der Waals surface area contributed by atoms with Crippen LogP contribution >= 0.6 is 0 Å². The molecule has 0 saturated carbocycles. The number of carbonyl (C=O) groups excluding carboxylic acids is 1. The molecule has 1 aliphatic heterocycles. The topological polar surface area (TPSA) is 29.1 Å². The SMILES string of the molecule is B[C@@H]1NC(=O)C(C)=C1C. The van der Waals surface area contributed by atoms with Crippen LogP contribution in [-0.2, 0) is 4.79 Å². The van der Waals surface area contributed by atoms with E-state index in [0.717, 1.165) is 5.57 Å². The van der Waals surface area contributed by atoms with E-state index in [0.29, 0.717) is 0 Å². The minimum atomic E-state index is 0.0833. The smallest absolute Gasteiger partial charge is 0.246 e. The van der Waals surface area contributed by atoms with Gasteiger partial charge in [0.05, 0.1) is 0 Å². The molecule has 0 spiro atoms. The molecule has 0 fully saturated rings. The average molecular weight is 123 g/mol. The quantitative estimate of drug-likeness (QED) is 0.428. The number of hydrogen-bond donors (Lipinski definition) is 1. The van der Waals surface area contributed by atoms with E-state index in [1.807, 2.05) is 21.7 Å². The number of amides is 1. The first-order chi connectivity index (χ1) is 4.13. The fourth-order valence-electron chi connectivity index (χ4n) is 0.917. The fourth-order valence-corrected chi connectivity index (χ4v) is 0.917. The molecular formula is C6H10BNO. The van der Waals surface area contributed by atoms with Crippen LogP contribution in [0, 0.1) is 0 Å². The molecule has 0 aromatic rings. The normalized spacial score (nSPS) is 26.9. The van der Waals surface area contributed by atoms with Crippen molar-refractivity contribution in [3.63, 3.8) is 0 Å². The Morgan fingerprint density at radius 1 is 1.56 bits per heavy atom. The van der Waals surface area contributed by atoms with Crippen molar-refractivity contribution >= 4 is 13.8 Å². The van der Waals surface area contributed by atoms with Crippen LogP contribution in [0.2, 0.25) is 0 Å². The van der Waals surface area contributed by atoms with Crippen LogP contribution < -0.4 is 5.32 Å². The molecule has 0 unspecified atom stereocenters. The summed E-state index contributed by atoms with van der Waals surface area (Å²) >= 11 is 0. The lowest BCUT2D eigenvalue weighted by atomic mass is 9.91. The van der Waals surface area contributed by atoms with Crippen molar-refractivity contribution in [2.75, 3.05) is 0 Å². The Morgan fingerprint density at radius 3 is 2.22 bits per heavy atom. The molecule has 1 heterocycles. The summed E-state index contributed by atoms with van der Waals surface area (Å²) in [6.45, 7) is 3.84. The largest absolute Gasteiger partial charge is 0.354 e. The van der Waals surface area contributed by atoms with Crippen LogP contribution in [0.3, 0.4) is 0 Å². The summed E-state index contributed by atoms with van der Waals surface area (Å²) in [5.74, 6) is 0.331. The highest BCUT2D eigenvalue weighted by Crippen LogP contribution is 2.12. The van der Waals surface area contributed by atoms with Crippen LogP contribution in [0.15, 0.2) is 11.1 Å². The second-order valence-corrected chi connectivity index (χ2v) is 2.50. The molecule has 0 bridgehead atoms. The van der Waals surface area contributed by atoms with Gasteiger partial charge in [-0.1, -0.05) is 5.57 Å². The van der Waals surface area contributed by atoms with E-state index in [2.05, 4.69) is 5.32 Å². The van der Waals surface area contributed by atoms with Gasteiger partial charge >= 0.3 is 0 Å². The lowest BCUT2D eigenvalue weighted by Gasteiger charge is -2.01. The first-order valence-electron chi connectivity index (χ1n) is 3.11.